The molecular formula is C12H19N3O2S. The SMILES string of the molecule is COC(=O)c1nc(C(C)N2CCNCC2)sc1C. The van der Waals surface area contributed by atoms with Crippen LogP contribution in [0.1, 0.15) is 33.3 Å². The third-order valence-corrected chi connectivity index (χ3v) is 4.39. The average Bonchev–Trinajstić information content (AvgIpc) is 2.80. The number of methoxy groups -OCH3 is 1. The first kappa shape index (κ1) is 13.5. The van der Waals surface area contributed by atoms with Crippen LogP contribution in [-0.4, -0.2) is 49.1 Å². The third-order valence-electron chi connectivity index (χ3n) is 3.25. The van der Waals surface area contributed by atoms with E-state index in [-0.39, 0.29) is 12.0 Å². The minimum atomic E-state index is -0.345. The van der Waals surface area contributed by atoms with Crippen LogP contribution in [0.3, 0.4) is 0 Å². The van der Waals surface area contributed by atoms with Crippen molar-refractivity contribution in [3.05, 3.63) is 15.6 Å². The van der Waals surface area contributed by atoms with Gasteiger partial charge in [0.15, 0.2) is 5.69 Å². The monoisotopic (exact) mass is 269 g/mol. The number of hydrogen-bond donors (Lipinski definition) is 1. The molecule has 18 heavy (non-hydrogen) atoms. The van der Waals surface area contributed by atoms with Gasteiger partial charge in [0.25, 0.3) is 0 Å². The van der Waals surface area contributed by atoms with Crippen LogP contribution in [0.5, 0.6) is 0 Å². The summed E-state index contributed by atoms with van der Waals surface area (Å²) in [7, 11) is 1.39. The summed E-state index contributed by atoms with van der Waals surface area (Å²) in [6.45, 7) is 8.13. The number of hydrogen-bond acceptors (Lipinski definition) is 6. The average molecular weight is 269 g/mol. The van der Waals surface area contributed by atoms with E-state index >= 15 is 0 Å². The highest BCUT2D eigenvalue weighted by Gasteiger charge is 2.23. The Hall–Kier alpha value is -0.980. The van der Waals surface area contributed by atoms with Gasteiger partial charge in [-0.3, -0.25) is 4.90 Å². The molecule has 1 N–H and O–H groups in total. The second kappa shape index (κ2) is 5.77. The second-order valence-electron chi connectivity index (χ2n) is 4.41. The van der Waals surface area contributed by atoms with Gasteiger partial charge in [-0.15, -0.1) is 11.3 Å². The van der Waals surface area contributed by atoms with Crippen LogP contribution in [0.4, 0.5) is 0 Å². The fourth-order valence-electron chi connectivity index (χ4n) is 2.11. The van der Waals surface area contributed by atoms with Gasteiger partial charge in [0, 0.05) is 31.1 Å². The maximum atomic E-state index is 11.5. The smallest absolute Gasteiger partial charge is 0.357 e. The molecule has 1 atom stereocenters. The zero-order valence-electron chi connectivity index (χ0n) is 11.0. The first-order chi connectivity index (χ1) is 8.63. The number of aromatic nitrogens is 1. The number of aryl methyl sites for hydroxylation is 1. The Morgan fingerprint density at radius 2 is 2.17 bits per heavy atom. The number of esters is 1. The first-order valence-corrected chi connectivity index (χ1v) is 6.95. The summed E-state index contributed by atoms with van der Waals surface area (Å²) in [5, 5.41) is 4.33. The topological polar surface area (TPSA) is 54.5 Å². The third kappa shape index (κ3) is 2.71. The minimum Gasteiger partial charge on any atom is -0.464 e. The van der Waals surface area contributed by atoms with E-state index in [2.05, 4.69) is 22.1 Å². The number of nitrogens with one attached hydrogen (secondary N) is 1. The molecule has 0 bridgehead atoms. The molecule has 0 saturated carbocycles. The molecule has 1 aromatic heterocycles. The highest BCUT2D eigenvalue weighted by molar-refractivity contribution is 7.11. The van der Waals surface area contributed by atoms with Crippen LogP contribution < -0.4 is 5.32 Å². The molecule has 2 rings (SSSR count). The Kier molecular flexibility index (Phi) is 4.31. The van der Waals surface area contributed by atoms with Crippen molar-refractivity contribution in [1.29, 1.82) is 0 Å². The summed E-state index contributed by atoms with van der Waals surface area (Å²) in [5.41, 5.74) is 0.458. The van der Waals surface area contributed by atoms with Gasteiger partial charge in [-0.2, -0.15) is 0 Å². The number of nitrogens with zero attached hydrogens (tertiary/aromatic N) is 2. The number of carbonyl (C=O) groups is 1. The molecule has 6 heteroatoms. The predicted octanol–water partition coefficient (Wildman–Crippen LogP) is 1.20. The van der Waals surface area contributed by atoms with E-state index in [1.807, 2.05) is 6.92 Å². The molecular weight excluding hydrogens is 250 g/mol. The van der Waals surface area contributed by atoms with Crippen molar-refractivity contribution in [1.82, 2.24) is 15.2 Å². The van der Waals surface area contributed by atoms with Crippen molar-refractivity contribution in [2.24, 2.45) is 0 Å². The van der Waals surface area contributed by atoms with Gasteiger partial charge in [0.1, 0.15) is 5.01 Å². The van der Waals surface area contributed by atoms with Crippen molar-refractivity contribution in [3.63, 3.8) is 0 Å². The van der Waals surface area contributed by atoms with E-state index in [4.69, 9.17) is 4.74 Å². The van der Waals surface area contributed by atoms with Crippen LogP contribution in [0, 0.1) is 6.92 Å². The van der Waals surface area contributed by atoms with Crippen molar-refractivity contribution in [3.8, 4) is 0 Å². The molecule has 1 aliphatic heterocycles. The molecule has 1 fully saturated rings. The molecule has 0 aliphatic carbocycles. The number of ether oxygens (including phenoxy) is 1. The molecule has 1 unspecified atom stereocenters. The quantitative estimate of drug-likeness (QED) is 0.836. The van der Waals surface area contributed by atoms with Gasteiger partial charge in [-0.25, -0.2) is 9.78 Å². The normalized spacial score (nSPS) is 18.6. The van der Waals surface area contributed by atoms with Gasteiger partial charge in [0.2, 0.25) is 0 Å². The lowest BCUT2D eigenvalue weighted by Gasteiger charge is -2.31. The Morgan fingerprint density at radius 1 is 1.50 bits per heavy atom. The van der Waals surface area contributed by atoms with Crippen molar-refractivity contribution < 1.29 is 9.53 Å². The Balaban J connectivity index is 2.15. The molecule has 0 radical (unpaired) electrons. The van der Waals surface area contributed by atoms with Gasteiger partial charge in [-0.05, 0) is 13.8 Å². The predicted molar refractivity (Wildman–Crippen MR) is 71.0 cm³/mol. The largest absolute Gasteiger partial charge is 0.464 e. The van der Waals surface area contributed by atoms with Crippen LogP contribution in [0.25, 0.3) is 0 Å². The summed E-state index contributed by atoms with van der Waals surface area (Å²) < 4.78 is 4.74. The fraction of sp³-hybridized carbons (Fsp3) is 0.667. The van der Waals surface area contributed by atoms with E-state index < -0.39 is 0 Å². The van der Waals surface area contributed by atoms with E-state index in [0.717, 1.165) is 36.1 Å². The zero-order valence-corrected chi connectivity index (χ0v) is 11.8. The Labute approximate surface area is 111 Å². The minimum absolute atomic E-state index is 0.259. The number of thiazole rings is 1. The molecule has 1 saturated heterocycles. The lowest BCUT2D eigenvalue weighted by molar-refractivity contribution is 0.0593. The lowest BCUT2D eigenvalue weighted by atomic mass is 10.2. The molecule has 2 heterocycles. The first-order valence-electron chi connectivity index (χ1n) is 6.14. The van der Waals surface area contributed by atoms with Gasteiger partial charge < -0.3 is 10.1 Å². The number of rotatable bonds is 3. The highest BCUT2D eigenvalue weighted by atomic mass is 32.1. The Morgan fingerprint density at radius 3 is 2.78 bits per heavy atom. The maximum Gasteiger partial charge on any atom is 0.357 e. The molecule has 0 spiro atoms. The fourth-order valence-corrected chi connectivity index (χ4v) is 3.10. The van der Waals surface area contributed by atoms with Crippen molar-refractivity contribution in [2.45, 2.75) is 19.9 Å². The van der Waals surface area contributed by atoms with Gasteiger partial charge in [0.05, 0.1) is 13.2 Å². The summed E-state index contributed by atoms with van der Waals surface area (Å²) >= 11 is 1.59. The van der Waals surface area contributed by atoms with Crippen LogP contribution >= 0.6 is 11.3 Å². The summed E-state index contributed by atoms with van der Waals surface area (Å²) in [5.74, 6) is -0.345. The van der Waals surface area contributed by atoms with Crippen molar-refractivity contribution in [2.75, 3.05) is 33.3 Å². The van der Waals surface area contributed by atoms with Crippen LogP contribution in [0.15, 0.2) is 0 Å². The summed E-state index contributed by atoms with van der Waals surface area (Å²) in [4.78, 5) is 19.3. The van der Waals surface area contributed by atoms with E-state index in [1.165, 1.54) is 7.11 Å². The molecule has 0 aromatic carbocycles. The Bertz CT molecular complexity index is 427. The molecule has 5 nitrogen and oxygen atoms in total. The van der Waals surface area contributed by atoms with Crippen LogP contribution in [0.2, 0.25) is 0 Å². The molecule has 0 amide bonds. The number of piperazine rings is 1. The van der Waals surface area contributed by atoms with E-state index in [1.54, 1.807) is 11.3 Å². The molecule has 1 aliphatic rings. The highest BCUT2D eigenvalue weighted by Crippen LogP contribution is 2.27. The summed E-state index contributed by atoms with van der Waals surface area (Å²) in [6, 6.07) is 0.259. The van der Waals surface area contributed by atoms with Gasteiger partial charge in [-0.1, -0.05) is 0 Å². The zero-order chi connectivity index (χ0) is 13.1. The second-order valence-corrected chi connectivity index (χ2v) is 5.65. The van der Waals surface area contributed by atoms with E-state index in [0.29, 0.717) is 5.69 Å². The van der Waals surface area contributed by atoms with Crippen LogP contribution in [-0.2, 0) is 4.74 Å². The van der Waals surface area contributed by atoms with Crippen molar-refractivity contribution >= 4 is 17.3 Å². The maximum absolute atomic E-state index is 11.5. The molecule has 1 aromatic rings. The molecule has 100 valence electrons. The van der Waals surface area contributed by atoms with Gasteiger partial charge >= 0.3 is 5.97 Å². The van der Waals surface area contributed by atoms with E-state index in [9.17, 15) is 4.79 Å². The lowest BCUT2D eigenvalue weighted by Crippen LogP contribution is -2.44. The summed E-state index contributed by atoms with van der Waals surface area (Å²) in [6.07, 6.45) is 0. The standard InChI is InChI=1S/C12H19N3O2S/c1-8(15-6-4-13-5-7-15)11-14-10(9(2)18-11)12(16)17-3/h8,13H,4-7H2,1-3H3. The number of carbonyl (C=O) groups excluding carboxylic acids is 1.